The number of hydrogen-bond acceptors (Lipinski definition) is 3. The van der Waals surface area contributed by atoms with E-state index in [1.165, 1.54) is 0 Å². The Labute approximate surface area is 94.6 Å². The molecule has 1 aromatic rings. The third-order valence-corrected chi connectivity index (χ3v) is 2.01. The van der Waals surface area contributed by atoms with Gasteiger partial charge in [0.05, 0.1) is 0 Å². The zero-order valence-corrected chi connectivity index (χ0v) is 9.18. The topological polar surface area (TPSA) is 55.4 Å². The maximum atomic E-state index is 11.2. The zero-order valence-electron chi connectivity index (χ0n) is 9.18. The summed E-state index contributed by atoms with van der Waals surface area (Å²) in [7, 11) is 0. The Balaban J connectivity index is 2.23. The molecule has 0 aliphatic carbocycles. The van der Waals surface area contributed by atoms with Crippen molar-refractivity contribution >= 4 is 12.4 Å². The van der Waals surface area contributed by atoms with Crippen LogP contribution in [0.15, 0.2) is 30.3 Å². The van der Waals surface area contributed by atoms with Gasteiger partial charge in [-0.05, 0) is 5.56 Å². The molecule has 0 aliphatic rings. The molecule has 1 N–H and O–H groups in total. The van der Waals surface area contributed by atoms with Crippen LogP contribution in [0, 0.1) is 5.92 Å². The standard InChI is InChI=1S/C12H15NO3/c1-10(8-14)7-13-12(15)16-9-11-5-3-2-4-6-11/h2-6,8,10H,7,9H2,1H3,(H,13,15). The van der Waals surface area contributed by atoms with E-state index in [9.17, 15) is 9.59 Å². The molecular weight excluding hydrogens is 206 g/mol. The lowest BCUT2D eigenvalue weighted by Gasteiger charge is -2.08. The van der Waals surface area contributed by atoms with Crippen LogP contribution in [-0.2, 0) is 16.1 Å². The molecule has 4 heteroatoms. The molecule has 0 spiro atoms. The maximum Gasteiger partial charge on any atom is 0.407 e. The molecule has 0 radical (unpaired) electrons. The Morgan fingerprint density at radius 3 is 2.75 bits per heavy atom. The van der Waals surface area contributed by atoms with Gasteiger partial charge in [0.15, 0.2) is 0 Å². The number of ether oxygens (including phenoxy) is 1. The number of hydrogen-bond donors (Lipinski definition) is 1. The predicted octanol–water partition coefficient (Wildman–Crippen LogP) is 1.75. The molecule has 0 bridgehead atoms. The number of amides is 1. The summed E-state index contributed by atoms with van der Waals surface area (Å²) in [6, 6.07) is 9.41. The molecule has 1 rings (SSSR count). The van der Waals surface area contributed by atoms with E-state index in [4.69, 9.17) is 4.74 Å². The van der Waals surface area contributed by atoms with Crippen LogP contribution < -0.4 is 5.32 Å². The highest BCUT2D eigenvalue weighted by atomic mass is 16.5. The van der Waals surface area contributed by atoms with Crippen molar-refractivity contribution in [1.82, 2.24) is 5.32 Å². The zero-order chi connectivity index (χ0) is 11.8. The Morgan fingerprint density at radius 2 is 2.12 bits per heavy atom. The van der Waals surface area contributed by atoms with E-state index in [2.05, 4.69) is 5.32 Å². The van der Waals surface area contributed by atoms with Crippen LogP contribution in [0.3, 0.4) is 0 Å². The number of aldehydes is 1. The largest absolute Gasteiger partial charge is 0.445 e. The van der Waals surface area contributed by atoms with Gasteiger partial charge in [0.25, 0.3) is 0 Å². The number of rotatable bonds is 5. The molecule has 0 heterocycles. The minimum absolute atomic E-state index is 0.190. The molecule has 86 valence electrons. The first-order valence-electron chi connectivity index (χ1n) is 5.12. The Morgan fingerprint density at radius 1 is 1.44 bits per heavy atom. The second-order valence-corrected chi connectivity index (χ2v) is 3.56. The van der Waals surface area contributed by atoms with E-state index in [1.54, 1.807) is 6.92 Å². The molecule has 1 amide bonds. The first-order chi connectivity index (χ1) is 7.72. The monoisotopic (exact) mass is 221 g/mol. The third-order valence-electron chi connectivity index (χ3n) is 2.01. The minimum atomic E-state index is -0.502. The lowest BCUT2D eigenvalue weighted by molar-refractivity contribution is -0.110. The summed E-state index contributed by atoms with van der Waals surface area (Å²) in [6.45, 7) is 2.27. The second-order valence-electron chi connectivity index (χ2n) is 3.56. The van der Waals surface area contributed by atoms with Crippen LogP contribution in [0.2, 0.25) is 0 Å². The molecule has 0 fully saturated rings. The lowest BCUT2D eigenvalue weighted by atomic mass is 10.2. The van der Waals surface area contributed by atoms with Crippen LogP contribution in [0.5, 0.6) is 0 Å². The Hall–Kier alpha value is -1.84. The van der Waals surface area contributed by atoms with E-state index in [0.29, 0.717) is 6.54 Å². The van der Waals surface area contributed by atoms with E-state index in [1.807, 2.05) is 30.3 Å². The van der Waals surface area contributed by atoms with Gasteiger partial charge in [-0.25, -0.2) is 4.79 Å². The summed E-state index contributed by atoms with van der Waals surface area (Å²) >= 11 is 0. The summed E-state index contributed by atoms with van der Waals surface area (Å²) in [4.78, 5) is 21.5. The number of alkyl carbamates (subject to hydrolysis) is 1. The Bertz CT molecular complexity index is 337. The van der Waals surface area contributed by atoms with Crippen molar-refractivity contribution in [2.75, 3.05) is 6.54 Å². The highest BCUT2D eigenvalue weighted by molar-refractivity contribution is 5.67. The first-order valence-corrected chi connectivity index (χ1v) is 5.12. The van der Waals surface area contributed by atoms with Crippen molar-refractivity contribution in [3.63, 3.8) is 0 Å². The fraction of sp³-hybridized carbons (Fsp3) is 0.333. The van der Waals surface area contributed by atoms with E-state index >= 15 is 0 Å². The summed E-state index contributed by atoms with van der Waals surface area (Å²) in [5.74, 6) is -0.190. The molecule has 1 atom stereocenters. The van der Waals surface area contributed by atoms with Gasteiger partial charge < -0.3 is 14.8 Å². The molecule has 1 aromatic carbocycles. The molecule has 1 unspecified atom stereocenters. The van der Waals surface area contributed by atoms with Gasteiger partial charge in [0.2, 0.25) is 0 Å². The van der Waals surface area contributed by atoms with Crippen LogP contribution in [0.1, 0.15) is 12.5 Å². The summed E-state index contributed by atoms with van der Waals surface area (Å²) in [6.07, 6.45) is 0.287. The van der Waals surface area contributed by atoms with Crippen molar-refractivity contribution in [3.8, 4) is 0 Å². The summed E-state index contributed by atoms with van der Waals surface area (Å²) < 4.78 is 4.96. The Kier molecular flexibility index (Phi) is 5.05. The van der Waals surface area contributed by atoms with Crippen molar-refractivity contribution in [1.29, 1.82) is 0 Å². The van der Waals surface area contributed by atoms with Crippen molar-refractivity contribution in [2.24, 2.45) is 5.92 Å². The van der Waals surface area contributed by atoms with Crippen molar-refractivity contribution in [2.45, 2.75) is 13.5 Å². The van der Waals surface area contributed by atoms with Crippen LogP contribution in [0.25, 0.3) is 0 Å². The molecule has 0 aromatic heterocycles. The maximum absolute atomic E-state index is 11.2. The average Bonchev–Trinajstić information content (AvgIpc) is 2.34. The number of nitrogens with one attached hydrogen (secondary N) is 1. The highest BCUT2D eigenvalue weighted by Crippen LogP contribution is 2.00. The highest BCUT2D eigenvalue weighted by Gasteiger charge is 2.04. The lowest BCUT2D eigenvalue weighted by Crippen LogP contribution is -2.29. The molecular formula is C12H15NO3. The average molecular weight is 221 g/mol. The van der Waals surface area contributed by atoms with Crippen LogP contribution in [0.4, 0.5) is 4.79 Å². The van der Waals surface area contributed by atoms with Crippen LogP contribution in [-0.4, -0.2) is 18.9 Å². The molecule has 16 heavy (non-hydrogen) atoms. The van der Waals surface area contributed by atoms with E-state index in [-0.39, 0.29) is 12.5 Å². The molecule has 0 saturated heterocycles. The first kappa shape index (κ1) is 12.2. The van der Waals surface area contributed by atoms with Gasteiger partial charge in [0.1, 0.15) is 12.9 Å². The molecule has 0 saturated carbocycles. The predicted molar refractivity (Wildman–Crippen MR) is 59.9 cm³/mol. The number of carbonyl (C=O) groups is 2. The third kappa shape index (κ3) is 4.59. The van der Waals surface area contributed by atoms with Gasteiger partial charge in [0, 0.05) is 12.5 Å². The number of carbonyl (C=O) groups excluding carboxylic acids is 2. The van der Waals surface area contributed by atoms with Gasteiger partial charge in [-0.3, -0.25) is 0 Å². The van der Waals surface area contributed by atoms with Gasteiger partial charge >= 0.3 is 6.09 Å². The smallest absolute Gasteiger partial charge is 0.407 e. The van der Waals surface area contributed by atoms with Gasteiger partial charge in [-0.15, -0.1) is 0 Å². The van der Waals surface area contributed by atoms with Crippen molar-refractivity contribution in [3.05, 3.63) is 35.9 Å². The van der Waals surface area contributed by atoms with Gasteiger partial charge in [-0.2, -0.15) is 0 Å². The van der Waals surface area contributed by atoms with Crippen molar-refractivity contribution < 1.29 is 14.3 Å². The summed E-state index contributed by atoms with van der Waals surface area (Å²) in [5, 5.41) is 2.51. The fourth-order valence-corrected chi connectivity index (χ4v) is 1.07. The molecule has 0 aliphatic heterocycles. The van der Waals surface area contributed by atoms with E-state index < -0.39 is 6.09 Å². The van der Waals surface area contributed by atoms with Gasteiger partial charge in [-0.1, -0.05) is 37.3 Å². The second kappa shape index (κ2) is 6.61. The summed E-state index contributed by atoms with van der Waals surface area (Å²) in [5.41, 5.74) is 0.932. The van der Waals surface area contributed by atoms with E-state index in [0.717, 1.165) is 11.8 Å². The number of benzene rings is 1. The minimum Gasteiger partial charge on any atom is -0.445 e. The van der Waals surface area contributed by atoms with Crippen LogP contribution >= 0.6 is 0 Å². The fourth-order valence-electron chi connectivity index (χ4n) is 1.07. The molecule has 4 nitrogen and oxygen atoms in total. The SMILES string of the molecule is CC(C=O)CNC(=O)OCc1ccccc1. The quantitative estimate of drug-likeness (QED) is 0.770. The normalized spacial score (nSPS) is 11.6.